The molecule has 158 valence electrons. The Morgan fingerprint density at radius 2 is 1.77 bits per heavy atom. The second-order valence-corrected chi connectivity index (χ2v) is 9.92. The molecule has 0 saturated carbocycles. The molecule has 1 aliphatic rings. The summed E-state index contributed by atoms with van der Waals surface area (Å²) in [4.78, 5) is 6.91. The van der Waals surface area contributed by atoms with Crippen LogP contribution in [0, 0.1) is 0 Å². The highest BCUT2D eigenvalue weighted by atomic mass is 32.2. The molecule has 0 spiro atoms. The van der Waals surface area contributed by atoms with E-state index in [1.54, 1.807) is 39.9 Å². The van der Waals surface area contributed by atoms with Crippen LogP contribution in [0.5, 0.6) is 5.75 Å². The topological polar surface area (TPSA) is 62.7 Å². The zero-order valence-corrected chi connectivity index (χ0v) is 18.3. The van der Waals surface area contributed by atoms with Crippen molar-refractivity contribution in [1.29, 1.82) is 0 Å². The van der Waals surface area contributed by atoms with Gasteiger partial charge in [0.25, 0.3) is 0 Å². The minimum Gasteiger partial charge on any atom is -0.489 e. The second-order valence-electron chi connectivity index (χ2n) is 7.26. The molecule has 2 heterocycles. The van der Waals surface area contributed by atoms with Gasteiger partial charge in [-0.2, -0.15) is 4.31 Å². The fourth-order valence-corrected chi connectivity index (χ4v) is 5.51. The van der Waals surface area contributed by atoms with E-state index in [0.717, 1.165) is 30.8 Å². The van der Waals surface area contributed by atoms with E-state index < -0.39 is 10.0 Å². The summed E-state index contributed by atoms with van der Waals surface area (Å²) >= 11 is 1.58. The van der Waals surface area contributed by atoms with E-state index in [0.29, 0.717) is 36.9 Å². The summed E-state index contributed by atoms with van der Waals surface area (Å²) in [7, 11) is -3.52. The lowest BCUT2D eigenvalue weighted by atomic mass is 10.2. The minimum atomic E-state index is -3.52. The fourth-order valence-electron chi connectivity index (χ4n) is 3.49. The van der Waals surface area contributed by atoms with Crippen LogP contribution in [-0.4, -0.2) is 48.8 Å². The predicted octanol–water partition coefficient (Wildman–Crippen LogP) is 3.62. The maximum atomic E-state index is 13.1. The van der Waals surface area contributed by atoms with Gasteiger partial charge in [0.1, 0.15) is 12.4 Å². The summed E-state index contributed by atoms with van der Waals surface area (Å²) in [5.41, 5.74) is 3.94. The van der Waals surface area contributed by atoms with Crippen LogP contribution in [0.3, 0.4) is 0 Å². The first kappa shape index (κ1) is 21.0. The monoisotopic (exact) mass is 443 g/mol. The summed E-state index contributed by atoms with van der Waals surface area (Å²) in [6.07, 6.45) is 0.807. The molecule has 6 nitrogen and oxygen atoms in total. The molecule has 1 saturated heterocycles. The molecule has 0 aliphatic carbocycles. The zero-order valence-electron chi connectivity index (χ0n) is 16.7. The quantitative estimate of drug-likeness (QED) is 0.558. The van der Waals surface area contributed by atoms with Gasteiger partial charge >= 0.3 is 0 Å². The highest BCUT2D eigenvalue weighted by molar-refractivity contribution is 7.89. The Morgan fingerprint density at radius 3 is 2.50 bits per heavy atom. The van der Waals surface area contributed by atoms with Crippen molar-refractivity contribution in [2.45, 2.75) is 24.5 Å². The molecular weight excluding hydrogens is 418 g/mol. The van der Waals surface area contributed by atoms with Crippen LogP contribution in [0.15, 0.2) is 70.4 Å². The summed E-state index contributed by atoms with van der Waals surface area (Å²) < 4.78 is 33.6. The van der Waals surface area contributed by atoms with Crippen molar-refractivity contribution in [2.24, 2.45) is 0 Å². The Bertz CT molecular complexity index is 1020. The van der Waals surface area contributed by atoms with E-state index in [1.807, 2.05) is 41.2 Å². The number of rotatable bonds is 7. The molecular formula is C22H25N3O3S2. The molecule has 3 aromatic rings. The van der Waals surface area contributed by atoms with Crippen molar-refractivity contribution in [3.63, 3.8) is 0 Å². The SMILES string of the molecule is O=S(=O)(c1ccc(OCc2ccccc2)cc1)N1CCCN(Cc2cscn2)CC1. The Hall–Kier alpha value is -2.26. The van der Waals surface area contributed by atoms with Crippen LogP contribution >= 0.6 is 11.3 Å². The first-order valence-electron chi connectivity index (χ1n) is 9.98. The Morgan fingerprint density at radius 1 is 0.967 bits per heavy atom. The molecule has 1 aliphatic heterocycles. The molecule has 8 heteroatoms. The second kappa shape index (κ2) is 9.70. The van der Waals surface area contributed by atoms with Gasteiger partial charge in [-0.15, -0.1) is 11.3 Å². The van der Waals surface area contributed by atoms with Crippen molar-refractivity contribution in [1.82, 2.24) is 14.2 Å². The van der Waals surface area contributed by atoms with E-state index in [1.165, 1.54) is 0 Å². The lowest BCUT2D eigenvalue weighted by Crippen LogP contribution is -2.35. The lowest BCUT2D eigenvalue weighted by molar-refractivity contribution is 0.276. The number of thiazole rings is 1. The Kier molecular flexibility index (Phi) is 6.79. The first-order valence-corrected chi connectivity index (χ1v) is 12.4. The van der Waals surface area contributed by atoms with Gasteiger partial charge in [-0.1, -0.05) is 30.3 Å². The number of benzene rings is 2. The van der Waals surface area contributed by atoms with Gasteiger partial charge in [-0.05, 0) is 42.8 Å². The third kappa shape index (κ3) is 5.26. The van der Waals surface area contributed by atoms with Gasteiger partial charge < -0.3 is 4.74 Å². The van der Waals surface area contributed by atoms with Gasteiger partial charge in [-0.3, -0.25) is 4.90 Å². The van der Waals surface area contributed by atoms with Gasteiger partial charge in [0, 0.05) is 31.6 Å². The van der Waals surface area contributed by atoms with Gasteiger partial charge in [0.2, 0.25) is 10.0 Å². The van der Waals surface area contributed by atoms with Gasteiger partial charge in [0.05, 0.1) is 16.1 Å². The third-order valence-electron chi connectivity index (χ3n) is 5.13. The molecule has 0 bridgehead atoms. The molecule has 30 heavy (non-hydrogen) atoms. The van der Waals surface area contributed by atoms with Crippen LogP contribution in [-0.2, 0) is 23.2 Å². The van der Waals surface area contributed by atoms with E-state index in [4.69, 9.17) is 4.74 Å². The third-order valence-corrected chi connectivity index (χ3v) is 7.67. The molecule has 0 atom stereocenters. The summed E-state index contributed by atoms with van der Waals surface area (Å²) in [6, 6.07) is 16.6. The highest BCUT2D eigenvalue weighted by Gasteiger charge is 2.27. The maximum absolute atomic E-state index is 13.1. The molecule has 0 amide bonds. The zero-order chi connectivity index (χ0) is 20.8. The number of hydrogen-bond acceptors (Lipinski definition) is 6. The number of nitrogens with zero attached hydrogens (tertiary/aromatic N) is 3. The van der Waals surface area contributed by atoms with Crippen molar-refractivity contribution < 1.29 is 13.2 Å². The molecule has 0 N–H and O–H groups in total. The molecule has 1 aromatic heterocycles. The molecule has 0 unspecified atom stereocenters. The van der Waals surface area contributed by atoms with Crippen LogP contribution in [0.2, 0.25) is 0 Å². The predicted molar refractivity (Wildman–Crippen MR) is 118 cm³/mol. The molecule has 2 aromatic carbocycles. The van der Waals surface area contributed by atoms with Gasteiger partial charge in [0.15, 0.2) is 0 Å². The number of sulfonamides is 1. The normalized spacial score (nSPS) is 16.3. The average Bonchev–Trinajstić information content (AvgIpc) is 3.16. The average molecular weight is 444 g/mol. The van der Waals surface area contributed by atoms with Crippen LogP contribution in [0.1, 0.15) is 17.7 Å². The van der Waals surface area contributed by atoms with Crippen LogP contribution < -0.4 is 4.74 Å². The Labute approximate surface area is 181 Å². The molecule has 4 rings (SSSR count). The highest BCUT2D eigenvalue weighted by Crippen LogP contribution is 2.22. The van der Waals surface area contributed by atoms with E-state index in [9.17, 15) is 8.42 Å². The standard InChI is InChI=1S/C22H25N3O3S2/c26-30(27,25-12-4-11-24(13-14-25)15-20-17-29-18-23-20)22-9-7-21(8-10-22)28-16-19-5-2-1-3-6-19/h1-3,5-10,17-18H,4,11-16H2. The van der Waals surface area contributed by atoms with Crippen LogP contribution in [0.25, 0.3) is 0 Å². The fraction of sp³-hybridized carbons (Fsp3) is 0.318. The summed E-state index contributed by atoms with van der Waals surface area (Å²) in [5.74, 6) is 0.656. The van der Waals surface area contributed by atoms with Gasteiger partial charge in [-0.25, -0.2) is 13.4 Å². The first-order chi connectivity index (χ1) is 14.6. The smallest absolute Gasteiger partial charge is 0.243 e. The number of aromatic nitrogens is 1. The summed E-state index contributed by atoms with van der Waals surface area (Å²) in [5, 5.41) is 2.04. The largest absolute Gasteiger partial charge is 0.489 e. The number of hydrogen-bond donors (Lipinski definition) is 0. The maximum Gasteiger partial charge on any atom is 0.243 e. The number of ether oxygens (including phenoxy) is 1. The Balaban J connectivity index is 1.36. The van der Waals surface area contributed by atoms with Crippen LogP contribution in [0.4, 0.5) is 0 Å². The minimum absolute atomic E-state index is 0.308. The van der Waals surface area contributed by atoms with E-state index >= 15 is 0 Å². The van der Waals surface area contributed by atoms with Crippen molar-refractivity contribution >= 4 is 21.4 Å². The van der Waals surface area contributed by atoms with Crippen molar-refractivity contribution in [2.75, 3.05) is 26.2 Å². The molecule has 0 radical (unpaired) electrons. The van der Waals surface area contributed by atoms with Crippen molar-refractivity contribution in [3.05, 3.63) is 76.7 Å². The summed E-state index contributed by atoms with van der Waals surface area (Å²) in [6.45, 7) is 3.81. The lowest BCUT2D eigenvalue weighted by Gasteiger charge is -2.21. The van der Waals surface area contributed by atoms with E-state index in [2.05, 4.69) is 9.88 Å². The molecule has 1 fully saturated rings. The van der Waals surface area contributed by atoms with E-state index in [-0.39, 0.29) is 0 Å². The van der Waals surface area contributed by atoms with Crippen molar-refractivity contribution in [3.8, 4) is 5.75 Å².